The lowest BCUT2D eigenvalue weighted by Crippen LogP contribution is -2.38. The molecule has 29 heavy (non-hydrogen) atoms. The molecule has 0 radical (unpaired) electrons. The van der Waals surface area contributed by atoms with Gasteiger partial charge in [-0.25, -0.2) is 4.98 Å². The molecule has 2 rings (SSSR count). The Kier molecular flexibility index (Phi) is 10.1. The van der Waals surface area contributed by atoms with Crippen LogP contribution in [0.25, 0.3) is 0 Å². The number of rotatable bonds is 6. The molecule has 0 aliphatic carbocycles. The van der Waals surface area contributed by atoms with Crippen LogP contribution in [0.3, 0.4) is 0 Å². The Morgan fingerprint density at radius 1 is 1.31 bits per heavy atom. The summed E-state index contributed by atoms with van der Waals surface area (Å²) in [5.41, 5.74) is 0.606. The number of nitrogens with zero attached hydrogens (tertiary/aromatic N) is 2. The Morgan fingerprint density at radius 3 is 2.62 bits per heavy atom. The summed E-state index contributed by atoms with van der Waals surface area (Å²) in [6, 6.07) is 5.32. The van der Waals surface area contributed by atoms with Crippen LogP contribution >= 0.6 is 46.9 Å². The maximum Gasteiger partial charge on any atom is 0.434 e. The largest absolute Gasteiger partial charge is 0.434 e. The van der Waals surface area contributed by atoms with Crippen LogP contribution < -0.4 is 16.0 Å². The van der Waals surface area contributed by atoms with Crippen LogP contribution in [-0.4, -0.2) is 30.4 Å². The molecule has 0 aliphatic rings. The van der Waals surface area contributed by atoms with E-state index >= 15 is 0 Å². The smallest absolute Gasteiger partial charge is 0.356 e. The van der Waals surface area contributed by atoms with Crippen molar-refractivity contribution < 1.29 is 18.0 Å². The molecule has 0 aliphatic heterocycles. The van der Waals surface area contributed by atoms with Crippen LogP contribution in [0.1, 0.15) is 22.7 Å². The summed E-state index contributed by atoms with van der Waals surface area (Å²) in [5, 5.41) is 10.2. The maximum absolute atomic E-state index is 12.6. The molecule has 0 saturated carbocycles. The fourth-order valence-corrected chi connectivity index (χ4v) is 3.15. The molecule has 1 heterocycles. The van der Waals surface area contributed by atoms with E-state index in [1.54, 1.807) is 12.1 Å². The van der Waals surface area contributed by atoms with Gasteiger partial charge in [0.25, 0.3) is 0 Å². The van der Waals surface area contributed by atoms with Crippen molar-refractivity contribution in [3.05, 3.63) is 44.9 Å². The zero-order valence-electron chi connectivity index (χ0n) is 15.6. The first-order valence-corrected chi connectivity index (χ1v) is 9.47. The Labute approximate surface area is 192 Å². The van der Waals surface area contributed by atoms with Gasteiger partial charge in [0.15, 0.2) is 11.7 Å². The number of aromatic nitrogens is 1. The fourth-order valence-electron chi connectivity index (χ4n) is 2.13. The number of guanidine groups is 1. The van der Waals surface area contributed by atoms with E-state index in [9.17, 15) is 18.0 Å². The molecule has 6 nitrogen and oxygen atoms in total. The number of nitrogens with one attached hydrogen (secondary N) is 3. The minimum Gasteiger partial charge on any atom is -0.356 e. The van der Waals surface area contributed by atoms with Crippen LogP contribution in [0.5, 0.6) is 0 Å². The van der Waals surface area contributed by atoms with Gasteiger partial charge in [0, 0.05) is 25.4 Å². The number of benzene rings is 1. The second-order valence-electron chi connectivity index (χ2n) is 5.76. The van der Waals surface area contributed by atoms with E-state index < -0.39 is 11.9 Å². The van der Waals surface area contributed by atoms with E-state index in [0.29, 0.717) is 16.7 Å². The number of aryl methyl sites for hydroxylation is 1. The molecule has 1 amide bonds. The number of carbonyl (C=O) groups excluding carboxylic acids is 1. The number of alkyl halides is 3. The summed E-state index contributed by atoms with van der Waals surface area (Å²) >= 11 is 6.98. The quantitative estimate of drug-likeness (QED) is 0.277. The summed E-state index contributed by atoms with van der Waals surface area (Å²) in [5.74, 6) is 0.119. The molecule has 160 valence electrons. The normalized spacial score (nSPS) is 11.6. The molecule has 0 bridgehead atoms. The van der Waals surface area contributed by atoms with Gasteiger partial charge in [0.2, 0.25) is 5.91 Å². The van der Waals surface area contributed by atoms with Gasteiger partial charge in [0.05, 0.1) is 17.3 Å². The molecule has 1 aromatic carbocycles. The third-order valence-corrected chi connectivity index (χ3v) is 4.68. The summed E-state index contributed by atoms with van der Waals surface area (Å²) in [7, 11) is 1.52. The summed E-state index contributed by atoms with van der Waals surface area (Å²) in [4.78, 5) is 19.5. The summed E-state index contributed by atoms with van der Waals surface area (Å²) in [6.07, 6.45) is -4.30. The lowest BCUT2D eigenvalue weighted by molar-refractivity contribution is -0.140. The molecule has 3 N–H and O–H groups in total. The number of thiazole rings is 1. The van der Waals surface area contributed by atoms with Gasteiger partial charge in [0.1, 0.15) is 5.01 Å². The van der Waals surface area contributed by atoms with Crippen molar-refractivity contribution >= 4 is 64.5 Å². The molecule has 0 atom stereocenters. The van der Waals surface area contributed by atoms with E-state index in [2.05, 4.69) is 25.9 Å². The number of hydrogen-bond donors (Lipinski definition) is 3. The molecule has 2 aromatic rings. The highest BCUT2D eigenvalue weighted by Crippen LogP contribution is 2.29. The van der Waals surface area contributed by atoms with Crippen molar-refractivity contribution in [2.24, 2.45) is 4.99 Å². The summed E-state index contributed by atoms with van der Waals surface area (Å²) < 4.78 is 37.7. The van der Waals surface area contributed by atoms with Gasteiger partial charge < -0.3 is 16.0 Å². The van der Waals surface area contributed by atoms with Crippen LogP contribution in [-0.2, 0) is 17.5 Å². The third kappa shape index (κ3) is 8.34. The Bertz CT molecular complexity index is 860. The van der Waals surface area contributed by atoms with Crippen LogP contribution in [0.4, 0.5) is 18.9 Å². The first-order valence-electron chi connectivity index (χ1n) is 8.21. The average Bonchev–Trinajstić information content (AvgIpc) is 3.10. The molecule has 0 unspecified atom stereocenters. The van der Waals surface area contributed by atoms with Crippen molar-refractivity contribution in [3.63, 3.8) is 0 Å². The number of carbonyl (C=O) groups is 1. The van der Waals surface area contributed by atoms with Gasteiger partial charge >= 0.3 is 6.18 Å². The molecule has 1 aromatic heterocycles. The number of anilines is 1. The van der Waals surface area contributed by atoms with Crippen LogP contribution in [0.2, 0.25) is 5.02 Å². The monoisotopic (exact) mass is 561 g/mol. The van der Waals surface area contributed by atoms with E-state index in [1.165, 1.54) is 7.05 Å². The van der Waals surface area contributed by atoms with Crippen molar-refractivity contribution in [1.29, 1.82) is 0 Å². The van der Waals surface area contributed by atoms with Gasteiger partial charge in [-0.05, 0) is 24.6 Å². The standard InChI is InChI=1S/C17H19ClF3N5OS.HI/c1-10-3-4-12(11(18)7-10)25-14(27)5-6-23-16(22-2)24-8-15-26-13(9-28-15)17(19,20)21;/h3-4,7,9H,5-6,8H2,1-2H3,(H,25,27)(H2,22,23,24);1H. The average molecular weight is 562 g/mol. The van der Waals surface area contributed by atoms with Gasteiger partial charge in [-0.1, -0.05) is 17.7 Å². The minimum atomic E-state index is -4.46. The zero-order valence-corrected chi connectivity index (χ0v) is 19.5. The first kappa shape index (κ1) is 25.4. The van der Waals surface area contributed by atoms with Crippen molar-refractivity contribution in [3.8, 4) is 0 Å². The lowest BCUT2D eigenvalue weighted by Gasteiger charge is -2.11. The predicted molar refractivity (Wildman–Crippen MR) is 120 cm³/mol. The predicted octanol–water partition coefficient (Wildman–Crippen LogP) is 4.44. The number of halogens is 5. The highest BCUT2D eigenvalue weighted by molar-refractivity contribution is 14.0. The van der Waals surface area contributed by atoms with Crippen molar-refractivity contribution in [1.82, 2.24) is 15.6 Å². The van der Waals surface area contributed by atoms with Crippen molar-refractivity contribution in [2.75, 3.05) is 18.9 Å². The zero-order chi connectivity index (χ0) is 20.7. The highest BCUT2D eigenvalue weighted by atomic mass is 127. The molecule has 0 spiro atoms. The van der Waals surface area contributed by atoms with E-state index in [0.717, 1.165) is 22.3 Å². The van der Waals surface area contributed by atoms with Crippen molar-refractivity contribution in [2.45, 2.75) is 26.1 Å². The number of aliphatic imine (C=N–C) groups is 1. The topological polar surface area (TPSA) is 78.4 Å². The van der Waals surface area contributed by atoms with Crippen LogP contribution in [0, 0.1) is 6.92 Å². The fraction of sp³-hybridized carbons (Fsp3) is 0.353. The van der Waals surface area contributed by atoms with E-state index in [-0.39, 0.29) is 54.4 Å². The molecule has 0 saturated heterocycles. The Morgan fingerprint density at radius 2 is 2.03 bits per heavy atom. The van der Waals surface area contributed by atoms with E-state index in [1.807, 2.05) is 13.0 Å². The van der Waals surface area contributed by atoms with Gasteiger partial charge in [-0.3, -0.25) is 9.79 Å². The molecule has 0 fully saturated rings. The number of amides is 1. The Balaban J connectivity index is 0.00000420. The van der Waals surface area contributed by atoms with Gasteiger partial charge in [-0.15, -0.1) is 35.3 Å². The Hall–Kier alpha value is -1.60. The highest BCUT2D eigenvalue weighted by Gasteiger charge is 2.33. The second kappa shape index (κ2) is 11.6. The SMILES string of the molecule is CN=C(NCCC(=O)Nc1ccc(C)cc1Cl)NCc1nc(C(F)(F)F)cs1.I. The molecular weight excluding hydrogens is 542 g/mol. The third-order valence-electron chi connectivity index (χ3n) is 3.52. The number of hydrogen-bond acceptors (Lipinski definition) is 4. The van der Waals surface area contributed by atoms with Gasteiger partial charge in [-0.2, -0.15) is 13.2 Å². The second-order valence-corrected chi connectivity index (χ2v) is 7.11. The molecular formula is C17H20ClF3IN5OS. The lowest BCUT2D eigenvalue weighted by atomic mass is 10.2. The first-order chi connectivity index (χ1) is 13.2. The van der Waals surface area contributed by atoms with Crippen LogP contribution in [0.15, 0.2) is 28.6 Å². The maximum atomic E-state index is 12.6. The minimum absolute atomic E-state index is 0. The van der Waals surface area contributed by atoms with E-state index in [4.69, 9.17) is 11.6 Å². The molecule has 12 heteroatoms. The summed E-state index contributed by atoms with van der Waals surface area (Å²) in [6.45, 7) is 2.27.